The molecule has 0 amide bonds. The van der Waals surface area contributed by atoms with Crippen LogP contribution in [0.15, 0.2) is 35.3 Å². The van der Waals surface area contributed by atoms with Gasteiger partial charge in [0.25, 0.3) is 0 Å². The van der Waals surface area contributed by atoms with E-state index in [-0.39, 0.29) is 5.92 Å². The molecule has 2 aromatic heterocycles. The molecule has 7 nitrogen and oxygen atoms in total. The number of ether oxygens (including phenoxy) is 1. The minimum Gasteiger partial charge on any atom is -0.420 e. The number of hydrogen-bond acceptors (Lipinski definition) is 6. The van der Waals surface area contributed by atoms with Crippen LogP contribution < -0.4 is 0 Å². The Labute approximate surface area is 131 Å². The average molecular weight is 315 g/mol. The van der Waals surface area contributed by atoms with Crippen molar-refractivity contribution >= 4 is 0 Å². The smallest absolute Gasteiger partial charge is 0.247 e. The second-order valence-corrected chi connectivity index (χ2v) is 5.37. The van der Waals surface area contributed by atoms with Crippen molar-refractivity contribution in [3.63, 3.8) is 0 Å². The Balaban J connectivity index is 1.61. The van der Waals surface area contributed by atoms with E-state index in [4.69, 9.17) is 9.15 Å². The van der Waals surface area contributed by atoms with Crippen LogP contribution in [-0.4, -0.2) is 38.2 Å². The zero-order valence-electron chi connectivity index (χ0n) is 12.2. The standard InChI is InChI=1S/C15H14FN5O2/c16-12-6-10(3-4-13(12)21-9-17-8-18-21)14-19-20-15(23-14)11-2-1-5-22-7-11/h3-4,6,8-9,11H,1-2,5,7H2. The van der Waals surface area contributed by atoms with Crippen LogP contribution in [0.25, 0.3) is 17.1 Å². The summed E-state index contributed by atoms with van der Waals surface area (Å²) in [6.45, 7) is 1.35. The fourth-order valence-electron chi connectivity index (χ4n) is 2.61. The quantitative estimate of drug-likeness (QED) is 0.738. The van der Waals surface area contributed by atoms with Crippen molar-refractivity contribution in [2.45, 2.75) is 18.8 Å². The lowest BCUT2D eigenvalue weighted by atomic mass is 10.0. The van der Waals surface area contributed by atoms with Gasteiger partial charge in [0.2, 0.25) is 11.8 Å². The summed E-state index contributed by atoms with van der Waals surface area (Å²) < 4.78 is 26.7. The molecule has 3 aromatic rings. The fourth-order valence-corrected chi connectivity index (χ4v) is 2.61. The van der Waals surface area contributed by atoms with Crippen molar-refractivity contribution in [3.8, 4) is 17.1 Å². The molecule has 1 atom stereocenters. The SMILES string of the molecule is Fc1cc(-c2nnc(C3CCCOC3)o2)ccc1-n1cncn1. The number of nitrogens with zero attached hydrogens (tertiary/aromatic N) is 5. The molecule has 1 saturated heterocycles. The molecule has 1 unspecified atom stereocenters. The topological polar surface area (TPSA) is 78.9 Å². The highest BCUT2D eigenvalue weighted by atomic mass is 19.1. The minimum absolute atomic E-state index is 0.115. The Bertz CT molecular complexity index is 796. The van der Waals surface area contributed by atoms with Crippen LogP contribution in [0.1, 0.15) is 24.7 Å². The molecule has 1 aromatic carbocycles. The van der Waals surface area contributed by atoms with Gasteiger partial charge in [-0.15, -0.1) is 10.2 Å². The lowest BCUT2D eigenvalue weighted by Gasteiger charge is -2.18. The molecular weight excluding hydrogens is 301 g/mol. The Kier molecular flexibility index (Phi) is 3.58. The molecule has 1 fully saturated rings. The molecule has 0 spiro atoms. The van der Waals surface area contributed by atoms with E-state index < -0.39 is 5.82 Å². The maximum Gasteiger partial charge on any atom is 0.247 e. The summed E-state index contributed by atoms with van der Waals surface area (Å²) in [5.41, 5.74) is 0.841. The van der Waals surface area contributed by atoms with Crippen molar-refractivity contribution in [2.75, 3.05) is 13.2 Å². The first-order chi connectivity index (χ1) is 11.3. The molecule has 0 N–H and O–H groups in total. The zero-order valence-corrected chi connectivity index (χ0v) is 12.2. The van der Waals surface area contributed by atoms with Crippen LogP contribution >= 0.6 is 0 Å². The first-order valence-electron chi connectivity index (χ1n) is 7.37. The van der Waals surface area contributed by atoms with Crippen LogP contribution in [-0.2, 0) is 4.74 Å². The van der Waals surface area contributed by atoms with Gasteiger partial charge in [-0.1, -0.05) is 0 Å². The largest absolute Gasteiger partial charge is 0.420 e. The van der Waals surface area contributed by atoms with Gasteiger partial charge in [0, 0.05) is 12.2 Å². The van der Waals surface area contributed by atoms with Gasteiger partial charge in [0.15, 0.2) is 0 Å². The Morgan fingerprint density at radius 3 is 2.96 bits per heavy atom. The molecule has 8 heteroatoms. The van der Waals surface area contributed by atoms with E-state index in [2.05, 4.69) is 20.3 Å². The van der Waals surface area contributed by atoms with E-state index in [0.29, 0.717) is 29.6 Å². The van der Waals surface area contributed by atoms with Crippen LogP contribution in [0.4, 0.5) is 4.39 Å². The Hall–Kier alpha value is -2.61. The monoisotopic (exact) mass is 315 g/mol. The molecule has 4 rings (SSSR count). The lowest BCUT2D eigenvalue weighted by molar-refractivity contribution is 0.0727. The van der Waals surface area contributed by atoms with Gasteiger partial charge in [-0.3, -0.25) is 0 Å². The zero-order chi connectivity index (χ0) is 15.6. The van der Waals surface area contributed by atoms with Gasteiger partial charge in [0.05, 0.1) is 12.5 Å². The van der Waals surface area contributed by atoms with Gasteiger partial charge in [-0.25, -0.2) is 14.1 Å². The van der Waals surface area contributed by atoms with Crippen molar-refractivity contribution < 1.29 is 13.5 Å². The third-order valence-corrected chi connectivity index (χ3v) is 3.81. The summed E-state index contributed by atoms with van der Waals surface area (Å²) in [6.07, 6.45) is 4.72. The molecule has 118 valence electrons. The van der Waals surface area contributed by atoms with Crippen molar-refractivity contribution in [3.05, 3.63) is 42.6 Å². The maximum absolute atomic E-state index is 14.3. The van der Waals surface area contributed by atoms with Gasteiger partial charge < -0.3 is 9.15 Å². The maximum atomic E-state index is 14.3. The van der Waals surface area contributed by atoms with Gasteiger partial charge in [-0.2, -0.15) is 5.10 Å². The highest BCUT2D eigenvalue weighted by molar-refractivity contribution is 5.55. The summed E-state index contributed by atoms with van der Waals surface area (Å²) in [4.78, 5) is 3.81. The van der Waals surface area contributed by atoms with E-state index in [1.807, 2.05) is 0 Å². The number of rotatable bonds is 3. The minimum atomic E-state index is -0.436. The molecule has 1 aliphatic rings. The molecule has 3 heterocycles. The molecule has 0 saturated carbocycles. The van der Waals surface area contributed by atoms with Crippen molar-refractivity contribution in [2.24, 2.45) is 0 Å². The fraction of sp³-hybridized carbons (Fsp3) is 0.333. The highest BCUT2D eigenvalue weighted by Gasteiger charge is 2.22. The Morgan fingerprint density at radius 1 is 1.26 bits per heavy atom. The first kappa shape index (κ1) is 14.0. The summed E-state index contributed by atoms with van der Waals surface area (Å²) >= 11 is 0. The second-order valence-electron chi connectivity index (χ2n) is 5.37. The first-order valence-corrected chi connectivity index (χ1v) is 7.37. The van der Waals surface area contributed by atoms with Crippen LogP contribution in [0.3, 0.4) is 0 Å². The second kappa shape index (κ2) is 5.88. The Morgan fingerprint density at radius 2 is 2.22 bits per heavy atom. The average Bonchev–Trinajstić information content (AvgIpc) is 3.27. The molecule has 1 aliphatic heterocycles. The third kappa shape index (κ3) is 2.72. The lowest BCUT2D eigenvalue weighted by Crippen LogP contribution is -2.15. The van der Waals surface area contributed by atoms with E-state index >= 15 is 0 Å². The number of halogens is 1. The molecular formula is C15H14FN5O2. The predicted octanol–water partition coefficient (Wildman–Crippen LogP) is 2.35. The van der Waals surface area contributed by atoms with E-state index in [1.165, 1.54) is 23.4 Å². The summed E-state index contributed by atoms with van der Waals surface area (Å²) in [5.74, 6) is 0.521. The summed E-state index contributed by atoms with van der Waals surface area (Å²) in [6, 6.07) is 4.67. The summed E-state index contributed by atoms with van der Waals surface area (Å²) in [5, 5.41) is 12.0. The van der Waals surface area contributed by atoms with Crippen LogP contribution in [0.2, 0.25) is 0 Å². The van der Waals surface area contributed by atoms with Gasteiger partial charge in [-0.05, 0) is 31.0 Å². The van der Waals surface area contributed by atoms with Gasteiger partial charge >= 0.3 is 0 Å². The highest BCUT2D eigenvalue weighted by Crippen LogP contribution is 2.28. The molecule has 0 aliphatic carbocycles. The molecule has 0 radical (unpaired) electrons. The molecule has 0 bridgehead atoms. The van der Waals surface area contributed by atoms with Crippen molar-refractivity contribution in [1.29, 1.82) is 0 Å². The molecule has 23 heavy (non-hydrogen) atoms. The van der Waals surface area contributed by atoms with Crippen LogP contribution in [0.5, 0.6) is 0 Å². The van der Waals surface area contributed by atoms with E-state index in [1.54, 1.807) is 12.1 Å². The third-order valence-electron chi connectivity index (χ3n) is 3.81. The van der Waals surface area contributed by atoms with E-state index in [9.17, 15) is 4.39 Å². The van der Waals surface area contributed by atoms with Crippen LogP contribution in [0, 0.1) is 5.82 Å². The van der Waals surface area contributed by atoms with Crippen molar-refractivity contribution in [1.82, 2.24) is 25.0 Å². The van der Waals surface area contributed by atoms with Gasteiger partial charge in [0.1, 0.15) is 24.2 Å². The normalized spacial score (nSPS) is 18.2. The van der Waals surface area contributed by atoms with E-state index in [0.717, 1.165) is 19.4 Å². The number of aromatic nitrogens is 5. The number of benzene rings is 1. The predicted molar refractivity (Wildman–Crippen MR) is 77.4 cm³/mol. The number of hydrogen-bond donors (Lipinski definition) is 0. The summed E-state index contributed by atoms with van der Waals surface area (Å²) in [7, 11) is 0.